The Labute approximate surface area is 138 Å². The summed E-state index contributed by atoms with van der Waals surface area (Å²) < 4.78 is 39.7. The number of aromatic nitrogens is 4. The molecule has 2 aromatic carbocycles. The number of hydrogen-bond acceptors (Lipinski definition) is 3. The van der Waals surface area contributed by atoms with Crippen LogP contribution in [0.2, 0.25) is 0 Å². The first-order chi connectivity index (χ1) is 11.8. The lowest BCUT2D eigenvalue weighted by atomic mass is 10.1. The van der Waals surface area contributed by atoms with Gasteiger partial charge in [0.05, 0.1) is 16.5 Å². The van der Waals surface area contributed by atoms with Gasteiger partial charge in [0.1, 0.15) is 0 Å². The van der Waals surface area contributed by atoms with Gasteiger partial charge < -0.3 is 0 Å². The summed E-state index contributed by atoms with van der Waals surface area (Å²) in [5.41, 5.74) is 0.463. The molecule has 126 valence electrons. The highest BCUT2D eigenvalue weighted by molar-refractivity contribution is 5.80. The van der Waals surface area contributed by atoms with Crippen LogP contribution in [0.4, 0.5) is 13.2 Å². The maximum absolute atomic E-state index is 12.9. The standard InChI is InChI=1S/C17H11F3N4O/c1-9-2-4-10(5-3-9)14-22-16-21-13-7-6-11(17(18,19)20)8-12(13)15(25)24(16)23-14/h2-8H,1H3,(H,21,22,23). The van der Waals surface area contributed by atoms with Crippen molar-refractivity contribution in [2.75, 3.05) is 0 Å². The Hall–Kier alpha value is -3.16. The van der Waals surface area contributed by atoms with Crippen LogP contribution < -0.4 is 5.56 Å². The number of aryl methyl sites for hydroxylation is 1. The number of benzene rings is 2. The summed E-state index contributed by atoms with van der Waals surface area (Å²) in [6, 6.07) is 10.3. The monoisotopic (exact) mass is 344 g/mol. The third-order valence-corrected chi connectivity index (χ3v) is 3.93. The first-order valence-corrected chi connectivity index (χ1v) is 7.40. The molecule has 2 aromatic heterocycles. The molecule has 1 N–H and O–H groups in total. The molecule has 4 aromatic rings. The number of halogens is 3. The summed E-state index contributed by atoms with van der Waals surface area (Å²) in [5, 5.41) is 2.68. The van der Waals surface area contributed by atoms with Crippen LogP contribution in [0.1, 0.15) is 11.1 Å². The lowest BCUT2D eigenvalue weighted by Crippen LogP contribution is -2.16. The molecule has 0 saturated heterocycles. The predicted octanol–water partition coefficient (Wildman–Crippen LogP) is 3.57. The van der Waals surface area contributed by atoms with E-state index in [1.807, 2.05) is 31.2 Å². The van der Waals surface area contributed by atoms with Gasteiger partial charge in [-0.05, 0) is 25.1 Å². The van der Waals surface area contributed by atoms with Gasteiger partial charge in [-0.15, -0.1) is 0 Å². The minimum atomic E-state index is -4.53. The van der Waals surface area contributed by atoms with E-state index in [0.29, 0.717) is 5.82 Å². The smallest absolute Gasteiger partial charge is 0.271 e. The van der Waals surface area contributed by atoms with Crippen LogP contribution in [0.5, 0.6) is 0 Å². The van der Waals surface area contributed by atoms with Gasteiger partial charge in [0.2, 0.25) is 0 Å². The van der Waals surface area contributed by atoms with Gasteiger partial charge in [0, 0.05) is 5.56 Å². The Morgan fingerprint density at radius 1 is 1.04 bits per heavy atom. The Balaban J connectivity index is 1.95. The third-order valence-electron chi connectivity index (χ3n) is 3.93. The van der Waals surface area contributed by atoms with Gasteiger partial charge in [-0.2, -0.15) is 22.7 Å². The van der Waals surface area contributed by atoms with Crippen LogP contribution in [-0.2, 0) is 6.18 Å². The second-order valence-corrected chi connectivity index (χ2v) is 5.72. The summed E-state index contributed by atoms with van der Waals surface area (Å²) in [6.45, 7) is 1.94. The van der Waals surface area contributed by atoms with E-state index in [2.05, 4.69) is 15.1 Å². The van der Waals surface area contributed by atoms with E-state index in [-0.39, 0.29) is 16.7 Å². The van der Waals surface area contributed by atoms with Gasteiger partial charge in [-0.3, -0.25) is 9.89 Å². The molecule has 0 bridgehead atoms. The number of H-pyrrole nitrogens is 1. The molecule has 0 fully saturated rings. The molecular weight excluding hydrogens is 333 g/mol. The normalized spacial score (nSPS) is 12.2. The van der Waals surface area contributed by atoms with Crippen LogP contribution in [0, 0.1) is 6.92 Å². The fourth-order valence-electron chi connectivity index (χ4n) is 2.60. The number of fused-ring (bicyclic) bond motifs is 2. The molecule has 0 radical (unpaired) electrons. The molecule has 0 unspecified atom stereocenters. The Morgan fingerprint density at radius 2 is 1.76 bits per heavy atom. The van der Waals surface area contributed by atoms with E-state index in [4.69, 9.17) is 0 Å². The SMILES string of the molecule is Cc1ccc(-c2nc3nc4ccc(C(F)(F)F)cc4c(=O)n3[nH]2)cc1. The van der Waals surface area contributed by atoms with E-state index >= 15 is 0 Å². The van der Waals surface area contributed by atoms with Crippen LogP contribution in [0.25, 0.3) is 28.1 Å². The Kier molecular flexibility index (Phi) is 3.18. The average Bonchev–Trinajstić information content (AvgIpc) is 2.99. The number of hydrogen-bond donors (Lipinski definition) is 1. The number of nitrogens with zero attached hydrogens (tertiary/aromatic N) is 3. The van der Waals surface area contributed by atoms with Gasteiger partial charge in [-0.1, -0.05) is 29.8 Å². The molecule has 5 nitrogen and oxygen atoms in total. The van der Waals surface area contributed by atoms with Gasteiger partial charge in [-0.25, -0.2) is 4.98 Å². The number of alkyl halides is 3. The zero-order valence-corrected chi connectivity index (χ0v) is 12.9. The molecule has 0 spiro atoms. The van der Waals surface area contributed by atoms with Crippen molar-refractivity contribution >= 4 is 16.7 Å². The van der Waals surface area contributed by atoms with Gasteiger partial charge in [0.25, 0.3) is 11.3 Å². The molecule has 0 aliphatic rings. The van der Waals surface area contributed by atoms with Crippen molar-refractivity contribution in [1.29, 1.82) is 0 Å². The molecule has 25 heavy (non-hydrogen) atoms. The van der Waals surface area contributed by atoms with Crippen molar-refractivity contribution in [3.8, 4) is 11.4 Å². The number of nitrogens with one attached hydrogen (secondary N) is 1. The molecule has 0 saturated carbocycles. The zero-order chi connectivity index (χ0) is 17.8. The van der Waals surface area contributed by atoms with Crippen molar-refractivity contribution in [2.24, 2.45) is 0 Å². The molecule has 4 rings (SSSR count). The molecule has 0 atom stereocenters. The first-order valence-electron chi connectivity index (χ1n) is 7.40. The van der Waals surface area contributed by atoms with E-state index in [0.717, 1.165) is 27.8 Å². The zero-order valence-electron chi connectivity index (χ0n) is 12.9. The fourth-order valence-corrected chi connectivity index (χ4v) is 2.60. The number of aromatic amines is 1. The average molecular weight is 344 g/mol. The molecule has 0 aliphatic heterocycles. The lowest BCUT2D eigenvalue weighted by Gasteiger charge is -2.06. The van der Waals surface area contributed by atoms with E-state index < -0.39 is 17.3 Å². The number of rotatable bonds is 1. The maximum Gasteiger partial charge on any atom is 0.416 e. The minimum Gasteiger partial charge on any atom is -0.271 e. The van der Waals surface area contributed by atoms with E-state index in [1.54, 1.807) is 0 Å². The van der Waals surface area contributed by atoms with E-state index in [1.165, 1.54) is 6.07 Å². The van der Waals surface area contributed by atoms with Gasteiger partial charge >= 0.3 is 6.18 Å². The van der Waals surface area contributed by atoms with Gasteiger partial charge in [0.15, 0.2) is 5.82 Å². The van der Waals surface area contributed by atoms with Crippen LogP contribution in [0.15, 0.2) is 47.3 Å². The summed E-state index contributed by atoms with van der Waals surface area (Å²) in [5.74, 6) is 0.517. The molecular formula is C17H11F3N4O. The summed E-state index contributed by atoms with van der Waals surface area (Å²) in [6.07, 6.45) is -4.53. The summed E-state index contributed by atoms with van der Waals surface area (Å²) in [7, 11) is 0. The lowest BCUT2D eigenvalue weighted by molar-refractivity contribution is -0.137. The third kappa shape index (κ3) is 2.55. The largest absolute Gasteiger partial charge is 0.416 e. The van der Waals surface area contributed by atoms with Crippen molar-refractivity contribution in [2.45, 2.75) is 13.1 Å². The molecule has 8 heteroatoms. The van der Waals surface area contributed by atoms with Crippen LogP contribution in [0.3, 0.4) is 0 Å². The Bertz CT molecular complexity index is 1160. The predicted molar refractivity (Wildman–Crippen MR) is 86.3 cm³/mol. The quantitative estimate of drug-likeness (QED) is 0.574. The highest BCUT2D eigenvalue weighted by Gasteiger charge is 2.31. The highest BCUT2D eigenvalue weighted by atomic mass is 19.4. The first kappa shape index (κ1) is 15.4. The Morgan fingerprint density at radius 3 is 2.44 bits per heavy atom. The maximum atomic E-state index is 12.9. The van der Waals surface area contributed by atoms with Crippen molar-refractivity contribution < 1.29 is 13.2 Å². The molecule has 0 aliphatic carbocycles. The topological polar surface area (TPSA) is 63.1 Å². The second kappa shape index (κ2) is 5.17. The summed E-state index contributed by atoms with van der Waals surface area (Å²) >= 11 is 0. The minimum absolute atomic E-state index is 0.104. The van der Waals surface area contributed by atoms with Crippen LogP contribution >= 0.6 is 0 Å². The highest BCUT2D eigenvalue weighted by Crippen LogP contribution is 2.30. The van der Waals surface area contributed by atoms with Crippen molar-refractivity contribution in [3.05, 3.63) is 63.9 Å². The van der Waals surface area contributed by atoms with Crippen LogP contribution in [-0.4, -0.2) is 19.6 Å². The van der Waals surface area contributed by atoms with Crippen molar-refractivity contribution in [1.82, 2.24) is 19.6 Å². The second-order valence-electron chi connectivity index (χ2n) is 5.72. The van der Waals surface area contributed by atoms with Crippen molar-refractivity contribution in [3.63, 3.8) is 0 Å². The summed E-state index contributed by atoms with van der Waals surface area (Å²) in [4.78, 5) is 21.0. The molecule has 2 heterocycles. The van der Waals surface area contributed by atoms with E-state index in [9.17, 15) is 18.0 Å². The fraction of sp³-hybridized carbons (Fsp3) is 0.118. The molecule has 0 amide bonds.